The van der Waals surface area contributed by atoms with Crippen molar-refractivity contribution >= 4 is 11.8 Å². The minimum absolute atomic E-state index is 0.264. The van der Waals surface area contributed by atoms with Crippen molar-refractivity contribution in [2.45, 2.75) is 53.1 Å². The molecule has 0 radical (unpaired) electrons. The number of aliphatic imine (C=N–C) groups is 1. The van der Waals surface area contributed by atoms with Crippen molar-refractivity contribution in [2.75, 3.05) is 20.1 Å². The monoisotopic (exact) mass is 309 g/mol. The molecule has 0 bridgehead atoms. The lowest BCUT2D eigenvalue weighted by Gasteiger charge is -2.26. The van der Waals surface area contributed by atoms with Gasteiger partial charge in [0.15, 0.2) is 0 Å². The molecule has 0 aliphatic carbocycles. The van der Waals surface area contributed by atoms with Crippen LogP contribution in [-0.2, 0) is 4.74 Å². The van der Waals surface area contributed by atoms with Gasteiger partial charge in [0.25, 0.3) is 0 Å². The molecule has 0 atom stereocenters. The molecular weight excluding hydrogens is 278 g/mol. The molecule has 0 aromatic carbocycles. The van der Waals surface area contributed by atoms with Gasteiger partial charge in [-0.05, 0) is 52.7 Å². The van der Waals surface area contributed by atoms with Crippen LogP contribution in [0.4, 0.5) is 4.79 Å². The van der Waals surface area contributed by atoms with E-state index in [4.69, 9.17) is 10.5 Å². The summed E-state index contributed by atoms with van der Waals surface area (Å²) in [6.45, 7) is 10.9. The lowest BCUT2D eigenvalue weighted by atomic mass is 10.2. The van der Waals surface area contributed by atoms with Gasteiger partial charge < -0.3 is 15.4 Å². The molecule has 0 heterocycles. The number of hydrogen-bond donors (Lipinski definition) is 1. The number of rotatable bonds is 7. The molecule has 0 aromatic rings. The molecule has 5 heteroatoms. The van der Waals surface area contributed by atoms with Crippen molar-refractivity contribution in [3.05, 3.63) is 23.9 Å². The second kappa shape index (κ2) is 10.0. The smallest absolute Gasteiger partial charge is 0.410 e. The molecule has 0 aliphatic heterocycles. The van der Waals surface area contributed by atoms with E-state index in [-0.39, 0.29) is 6.09 Å². The molecule has 0 spiro atoms. The molecule has 0 fully saturated rings. The zero-order valence-electron chi connectivity index (χ0n) is 14.8. The van der Waals surface area contributed by atoms with Crippen LogP contribution in [0.15, 0.2) is 28.9 Å². The number of hydrogen-bond acceptors (Lipinski definition) is 4. The van der Waals surface area contributed by atoms with E-state index in [9.17, 15) is 4.79 Å². The summed E-state index contributed by atoms with van der Waals surface area (Å²) in [5, 5.41) is 0. The van der Waals surface area contributed by atoms with E-state index in [0.29, 0.717) is 18.8 Å². The SMILES string of the molecule is CCCN(CC/C=C/C(N)=C/C(C)=NC)C(=O)OC(C)(C)C. The quantitative estimate of drug-likeness (QED) is 0.578. The number of carbonyl (C=O) groups is 1. The van der Waals surface area contributed by atoms with Crippen molar-refractivity contribution in [3.63, 3.8) is 0 Å². The fourth-order valence-electron chi connectivity index (χ4n) is 1.69. The van der Waals surface area contributed by atoms with Crippen LogP contribution in [0.25, 0.3) is 0 Å². The highest BCUT2D eigenvalue weighted by Crippen LogP contribution is 2.10. The van der Waals surface area contributed by atoms with Gasteiger partial charge >= 0.3 is 6.09 Å². The van der Waals surface area contributed by atoms with E-state index in [2.05, 4.69) is 4.99 Å². The summed E-state index contributed by atoms with van der Waals surface area (Å²) in [4.78, 5) is 17.8. The van der Waals surface area contributed by atoms with Crippen LogP contribution in [0.5, 0.6) is 0 Å². The minimum atomic E-state index is -0.469. The second-order valence-electron chi connectivity index (χ2n) is 6.17. The number of allylic oxidation sites excluding steroid dienone is 2. The number of carbonyl (C=O) groups excluding carboxylic acids is 1. The summed E-state index contributed by atoms with van der Waals surface area (Å²) in [6, 6.07) is 0. The normalized spacial score (nSPS) is 13.5. The zero-order chi connectivity index (χ0) is 17.2. The number of nitrogens with two attached hydrogens (primary N) is 1. The third-order valence-electron chi connectivity index (χ3n) is 2.75. The minimum Gasteiger partial charge on any atom is -0.444 e. The van der Waals surface area contributed by atoms with E-state index in [1.54, 1.807) is 11.9 Å². The Hall–Kier alpha value is -1.78. The van der Waals surface area contributed by atoms with Gasteiger partial charge in [-0.1, -0.05) is 13.0 Å². The molecule has 5 nitrogen and oxygen atoms in total. The summed E-state index contributed by atoms with van der Waals surface area (Å²) in [5.74, 6) is 0. The van der Waals surface area contributed by atoms with Crippen molar-refractivity contribution < 1.29 is 9.53 Å². The summed E-state index contributed by atoms with van der Waals surface area (Å²) in [7, 11) is 1.73. The van der Waals surface area contributed by atoms with E-state index in [1.165, 1.54) is 0 Å². The van der Waals surface area contributed by atoms with E-state index < -0.39 is 5.60 Å². The molecule has 0 unspecified atom stereocenters. The van der Waals surface area contributed by atoms with Crippen LogP contribution in [0.1, 0.15) is 47.5 Å². The summed E-state index contributed by atoms with van der Waals surface area (Å²) in [6.07, 6.45) is 6.98. The molecular formula is C17H31N3O2. The highest BCUT2D eigenvalue weighted by molar-refractivity contribution is 5.93. The Bertz CT molecular complexity index is 432. The fraction of sp³-hybridized carbons (Fsp3) is 0.647. The van der Waals surface area contributed by atoms with Crippen molar-refractivity contribution in [3.8, 4) is 0 Å². The van der Waals surface area contributed by atoms with Gasteiger partial charge in [0.1, 0.15) is 5.60 Å². The predicted octanol–water partition coefficient (Wildman–Crippen LogP) is 3.51. The Morgan fingerprint density at radius 1 is 1.32 bits per heavy atom. The van der Waals surface area contributed by atoms with Crippen molar-refractivity contribution in [2.24, 2.45) is 10.7 Å². The standard InChI is InChI=1S/C17H31N3O2/c1-7-11-20(16(21)22-17(3,4)5)12-9-8-10-15(18)13-14(2)19-6/h8,10,13H,7,9,11-12,18H2,1-6H3/b10-8+,15-13-,19-14?. The first-order valence-corrected chi connectivity index (χ1v) is 7.74. The van der Waals surface area contributed by atoms with Gasteiger partial charge in [-0.25, -0.2) is 4.79 Å². The third kappa shape index (κ3) is 10.0. The molecule has 0 rings (SSSR count). The van der Waals surface area contributed by atoms with Crippen molar-refractivity contribution in [1.82, 2.24) is 4.90 Å². The first-order valence-electron chi connectivity index (χ1n) is 7.74. The Morgan fingerprint density at radius 2 is 1.95 bits per heavy atom. The van der Waals surface area contributed by atoms with Gasteiger partial charge in [0.2, 0.25) is 0 Å². The largest absolute Gasteiger partial charge is 0.444 e. The summed E-state index contributed by atoms with van der Waals surface area (Å²) < 4.78 is 5.41. The van der Waals surface area contributed by atoms with E-state index in [0.717, 1.165) is 18.6 Å². The topological polar surface area (TPSA) is 67.9 Å². The molecule has 0 saturated heterocycles. The summed E-state index contributed by atoms with van der Waals surface area (Å²) in [5.41, 5.74) is 6.92. The van der Waals surface area contributed by atoms with Crippen LogP contribution >= 0.6 is 0 Å². The fourth-order valence-corrected chi connectivity index (χ4v) is 1.69. The third-order valence-corrected chi connectivity index (χ3v) is 2.75. The Balaban J connectivity index is 4.48. The number of ether oxygens (including phenoxy) is 1. The molecule has 126 valence electrons. The Labute approximate surface area is 134 Å². The summed E-state index contributed by atoms with van der Waals surface area (Å²) >= 11 is 0. The molecule has 0 aromatic heterocycles. The molecule has 2 N–H and O–H groups in total. The second-order valence-corrected chi connectivity index (χ2v) is 6.17. The Kier molecular flexibility index (Phi) is 9.22. The first kappa shape index (κ1) is 20.2. The van der Waals surface area contributed by atoms with Gasteiger partial charge in [-0.15, -0.1) is 0 Å². The van der Waals surface area contributed by atoms with Crippen LogP contribution in [0.2, 0.25) is 0 Å². The van der Waals surface area contributed by atoms with Crippen LogP contribution in [-0.4, -0.2) is 42.4 Å². The molecule has 22 heavy (non-hydrogen) atoms. The van der Waals surface area contributed by atoms with Crippen molar-refractivity contribution in [1.29, 1.82) is 0 Å². The van der Waals surface area contributed by atoms with E-state index in [1.807, 2.05) is 52.8 Å². The van der Waals surface area contributed by atoms with Crippen LogP contribution in [0, 0.1) is 0 Å². The van der Waals surface area contributed by atoms with Gasteiger partial charge in [0.05, 0.1) is 0 Å². The average molecular weight is 309 g/mol. The first-order chi connectivity index (χ1) is 10.2. The maximum Gasteiger partial charge on any atom is 0.410 e. The number of amides is 1. The van der Waals surface area contributed by atoms with E-state index >= 15 is 0 Å². The van der Waals surface area contributed by atoms with Crippen LogP contribution < -0.4 is 5.73 Å². The van der Waals surface area contributed by atoms with Gasteiger partial charge in [0, 0.05) is 31.5 Å². The van der Waals surface area contributed by atoms with Crippen LogP contribution in [0.3, 0.4) is 0 Å². The zero-order valence-corrected chi connectivity index (χ0v) is 14.8. The lowest BCUT2D eigenvalue weighted by Crippen LogP contribution is -2.37. The maximum atomic E-state index is 12.1. The highest BCUT2D eigenvalue weighted by atomic mass is 16.6. The number of nitrogens with zero attached hydrogens (tertiary/aromatic N) is 2. The predicted molar refractivity (Wildman–Crippen MR) is 93.2 cm³/mol. The molecule has 0 aliphatic rings. The Morgan fingerprint density at radius 3 is 2.45 bits per heavy atom. The van der Waals surface area contributed by atoms with Gasteiger partial charge in [-0.2, -0.15) is 0 Å². The average Bonchev–Trinajstić information content (AvgIpc) is 2.40. The molecule has 1 amide bonds. The van der Waals surface area contributed by atoms with Gasteiger partial charge in [-0.3, -0.25) is 4.99 Å². The highest BCUT2D eigenvalue weighted by Gasteiger charge is 2.20. The maximum absolute atomic E-state index is 12.1. The lowest BCUT2D eigenvalue weighted by molar-refractivity contribution is 0.0253. The molecule has 0 saturated carbocycles.